The molecule has 2 aromatic rings. The zero-order valence-electron chi connectivity index (χ0n) is 12.8. The van der Waals surface area contributed by atoms with Crippen LogP contribution in [0.25, 0.3) is 0 Å². The van der Waals surface area contributed by atoms with Crippen LogP contribution in [0.2, 0.25) is 0 Å². The summed E-state index contributed by atoms with van der Waals surface area (Å²) in [5, 5.41) is 5.39. The van der Waals surface area contributed by atoms with Gasteiger partial charge in [-0.15, -0.1) is 11.3 Å². The van der Waals surface area contributed by atoms with Crippen LogP contribution >= 0.6 is 11.3 Å². The molecule has 0 atom stereocenters. The van der Waals surface area contributed by atoms with Gasteiger partial charge in [-0.25, -0.2) is 4.98 Å². The van der Waals surface area contributed by atoms with Gasteiger partial charge in [0.25, 0.3) is 5.91 Å². The van der Waals surface area contributed by atoms with Crippen molar-refractivity contribution in [1.29, 1.82) is 0 Å². The van der Waals surface area contributed by atoms with E-state index in [9.17, 15) is 9.59 Å². The largest absolute Gasteiger partial charge is 0.323 e. The van der Waals surface area contributed by atoms with Crippen LogP contribution in [0.15, 0.2) is 30.5 Å². The van der Waals surface area contributed by atoms with Crippen molar-refractivity contribution >= 4 is 34.7 Å². The summed E-state index contributed by atoms with van der Waals surface area (Å²) < 4.78 is 0. The maximum Gasteiger partial charge on any atom is 0.266 e. The van der Waals surface area contributed by atoms with E-state index >= 15 is 0 Å². The Labute approximate surface area is 133 Å². The molecule has 0 aliphatic heterocycles. The molecule has 0 fully saturated rings. The van der Waals surface area contributed by atoms with Crippen molar-refractivity contribution < 1.29 is 9.59 Å². The summed E-state index contributed by atoms with van der Waals surface area (Å²) in [5.74, 6) is 0.474. The summed E-state index contributed by atoms with van der Waals surface area (Å²) in [4.78, 5) is 29.4. The Hall–Kier alpha value is -2.21. The molecule has 2 heterocycles. The highest BCUT2D eigenvalue weighted by Gasteiger charge is 2.13. The molecule has 0 bridgehead atoms. The molecule has 0 radical (unpaired) electrons. The number of nitrogens with one attached hydrogen (secondary N) is 2. The number of hydrogen-bond donors (Lipinski definition) is 2. The first-order valence-corrected chi connectivity index (χ1v) is 7.90. The lowest BCUT2D eigenvalue weighted by Crippen LogP contribution is -2.15. The lowest BCUT2D eigenvalue weighted by atomic mass is 10.1. The van der Waals surface area contributed by atoms with E-state index in [0.717, 1.165) is 6.42 Å². The van der Waals surface area contributed by atoms with Crippen molar-refractivity contribution in [2.24, 2.45) is 5.92 Å². The molecule has 2 aromatic heterocycles. The van der Waals surface area contributed by atoms with Crippen LogP contribution in [0.4, 0.5) is 11.5 Å². The first-order chi connectivity index (χ1) is 10.5. The molecule has 2 rings (SSSR count). The van der Waals surface area contributed by atoms with E-state index in [4.69, 9.17) is 0 Å². The normalized spacial score (nSPS) is 10.5. The Morgan fingerprint density at radius 3 is 2.68 bits per heavy atom. The molecule has 0 saturated heterocycles. The van der Waals surface area contributed by atoms with Crippen molar-refractivity contribution in [3.05, 3.63) is 40.2 Å². The van der Waals surface area contributed by atoms with E-state index in [2.05, 4.69) is 29.5 Å². The van der Waals surface area contributed by atoms with Crippen molar-refractivity contribution in [1.82, 2.24) is 4.98 Å². The number of thiophene rings is 1. The molecule has 0 aromatic carbocycles. The van der Waals surface area contributed by atoms with Gasteiger partial charge >= 0.3 is 0 Å². The van der Waals surface area contributed by atoms with Crippen LogP contribution in [0, 0.1) is 5.92 Å². The van der Waals surface area contributed by atoms with E-state index < -0.39 is 0 Å². The summed E-state index contributed by atoms with van der Waals surface area (Å²) in [6, 6.07) is 7.20. The van der Waals surface area contributed by atoms with Crippen LogP contribution < -0.4 is 10.6 Å². The zero-order chi connectivity index (χ0) is 16.1. The van der Waals surface area contributed by atoms with Gasteiger partial charge in [0.1, 0.15) is 0 Å². The zero-order valence-corrected chi connectivity index (χ0v) is 13.7. The molecule has 0 spiro atoms. The van der Waals surface area contributed by atoms with Crippen LogP contribution in [0.1, 0.15) is 35.3 Å². The second-order valence-corrected chi connectivity index (χ2v) is 6.57. The minimum atomic E-state index is -0.217. The molecular weight excluding hydrogens is 298 g/mol. The lowest BCUT2D eigenvalue weighted by molar-refractivity contribution is -0.114. The SMILES string of the molecule is CC(=O)Nc1cccnc1NC(=O)c1ccc(CC(C)C)s1. The number of amides is 2. The fraction of sp³-hybridized carbons (Fsp3) is 0.312. The Bertz CT molecular complexity index is 680. The van der Waals surface area contributed by atoms with Crippen molar-refractivity contribution in [2.45, 2.75) is 27.2 Å². The number of rotatable bonds is 5. The van der Waals surface area contributed by atoms with Crippen molar-refractivity contribution in [3.63, 3.8) is 0 Å². The van der Waals surface area contributed by atoms with Crippen LogP contribution in [0.3, 0.4) is 0 Å². The standard InChI is InChI=1S/C16H19N3O2S/c1-10(2)9-12-6-7-14(22-12)16(21)19-15-13(18-11(3)20)5-4-8-17-15/h4-8,10H,9H2,1-3H3,(H,18,20)(H,17,19,21). The monoisotopic (exact) mass is 317 g/mol. The highest BCUT2D eigenvalue weighted by atomic mass is 32.1. The minimum absolute atomic E-state index is 0.209. The van der Waals surface area contributed by atoms with Gasteiger partial charge < -0.3 is 10.6 Å². The molecule has 2 amide bonds. The lowest BCUT2D eigenvalue weighted by Gasteiger charge is -2.09. The Balaban J connectivity index is 2.12. The molecule has 0 unspecified atom stereocenters. The third-order valence-corrected chi connectivity index (χ3v) is 3.95. The Kier molecular flexibility index (Phi) is 5.27. The van der Waals surface area contributed by atoms with Gasteiger partial charge in [-0.3, -0.25) is 9.59 Å². The molecule has 0 aliphatic carbocycles. The highest BCUT2D eigenvalue weighted by molar-refractivity contribution is 7.14. The van der Waals surface area contributed by atoms with Gasteiger partial charge in [0.15, 0.2) is 5.82 Å². The van der Waals surface area contributed by atoms with Crippen molar-refractivity contribution in [3.8, 4) is 0 Å². The number of pyridine rings is 1. The predicted molar refractivity (Wildman–Crippen MR) is 89.4 cm³/mol. The van der Waals surface area contributed by atoms with E-state index in [-0.39, 0.29) is 11.8 Å². The quantitative estimate of drug-likeness (QED) is 0.886. The van der Waals surface area contributed by atoms with E-state index in [1.54, 1.807) is 18.3 Å². The Morgan fingerprint density at radius 1 is 1.23 bits per heavy atom. The first kappa shape index (κ1) is 16.2. The molecule has 6 heteroatoms. The summed E-state index contributed by atoms with van der Waals surface area (Å²) in [7, 11) is 0. The van der Waals surface area contributed by atoms with Gasteiger partial charge in [-0.05, 0) is 36.6 Å². The van der Waals surface area contributed by atoms with Crippen LogP contribution in [-0.2, 0) is 11.2 Å². The number of carbonyl (C=O) groups is 2. The molecular formula is C16H19N3O2S. The molecule has 2 N–H and O–H groups in total. The van der Waals surface area contributed by atoms with Gasteiger partial charge in [0.05, 0.1) is 10.6 Å². The first-order valence-electron chi connectivity index (χ1n) is 7.08. The topological polar surface area (TPSA) is 71.1 Å². The Morgan fingerprint density at radius 2 is 2.00 bits per heavy atom. The summed E-state index contributed by atoms with van der Waals surface area (Å²) in [6.45, 7) is 5.70. The van der Waals surface area contributed by atoms with E-state index in [1.807, 2.05) is 12.1 Å². The summed E-state index contributed by atoms with van der Waals surface area (Å²) in [6.07, 6.45) is 2.53. The van der Waals surface area contributed by atoms with Gasteiger partial charge in [0.2, 0.25) is 5.91 Å². The van der Waals surface area contributed by atoms with E-state index in [1.165, 1.54) is 23.1 Å². The second kappa shape index (κ2) is 7.17. The number of hydrogen-bond acceptors (Lipinski definition) is 4. The predicted octanol–water partition coefficient (Wildman–Crippen LogP) is 3.55. The molecule has 5 nitrogen and oxygen atoms in total. The molecule has 0 aliphatic rings. The highest BCUT2D eigenvalue weighted by Crippen LogP contribution is 2.23. The third-order valence-electron chi connectivity index (χ3n) is 2.85. The fourth-order valence-corrected chi connectivity index (χ4v) is 3.09. The van der Waals surface area contributed by atoms with Crippen LogP contribution in [0.5, 0.6) is 0 Å². The van der Waals surface area contributed by atoms with Crippen LogP contribution in [-0.4, -0.2) is 16.8 Å². The maximum atomic E-state index is 12.3. The van der Waals surface area contributed by atoms with Gasteiger partial charge in [-0.2, -0.15) is 0 Å². The van der Waals surface area contributed by atoms with Gasteiger partial charge in [-0.1, -0.05) is 13.8 Å². The second-order valence-electron chi connectivity index (χ2n) is 5.40. The number of anilines is 2. The van der Waals surface area contributed by atoms with E-state index in [0.29, 0.717) is 22.3 Å². The number of nitrogens with zero attached hydrogens (tertiary/aromatic N) is 1. The minimum Gasteiger partial charge on any atom is -0.323 e. The smallest absolute Gasteiger partial charge is 0.266 e. The third kappa shape index (κ3) is 4.39. The fourth-order valence-electron chi connectivity index (χ4n) is 1.98. The van der Waals surface area contributed by atoms with Gasteiger partial charge in [0, 0.05) is 18.0 Å². The van der Waals surface area contributed by atoms with Crippen molar-refractivity contribution in [2.75, 3.05) is 10.6 Å². The number of carbonyl (C=O) groups excluding carboxylic acids is 2. The maximum absolute atomic E-state index is 12.3. The summed E-state index contributed by atoms with van der Waals surface area (Å²) >= 11 is 1.48. The molecule has 116 valence electrons. The average Bonchev–Trinajstić information content (AvgIpc) is 2.88. The molecule has 22 heavy (non-hydrogen) atoms. The molecule has 0 saturated carbocycles. The number of aromatic nitrogens is 1. The summed E-state index contributed by atoms with van der Waals surface area (Å²) in [5.41, 5.74) is 0.488. The average molecular weight is 317 g/mol.